The molecule has 0 aromatic carbocycles. The van der Waals surface area contributed by atoms with Gasteiger partial charge in [0.05, 0.1) is 0 Å². The summed E-state index contributed by atoms with van der Waals surface area (Å²) in [6.45, 7) is 0. The summed E-state index contributed by atoms with van der Waals surface area (Å²) in [4.78, 5) is 0. The summed E-state index contributed by atoms with van der Waals surface area (Å²) in [5.41, 5.74) is 0. The molecule has 0 rings (SSSR count). The van der Waals surface area contributed by atoms with Gasteiger partial charge < -0.3 is 0 Å². The van der Waals surface area contributed by atoms with E-state index in [0.29, 0.717) is 0 Å². The van der Waals surface area contributed by atoms with E-state index in [-0.39, 0.29) is 124 Å². The van der Waals surface area contributed by atoms with Crippen molar-refractivity contribution in [1.29, 1.82) is 0 Å². The second-order valence-corrected chi connectivity index (χ2v) is 0. The molecule has 0 amide bonds. The SMILES string of the molecule is [AlH3].[GaH3].[Pd].[SbH3].[Ta].[Zn]. The Bertz CT molecular complexity index is 15.5. The number of rotatable bonds is 0. The summed E-state index contributed by atoms with van der Waals surface area (Å²) >= 11 is 0. The quantitative estimate of drug-likeness (QED) is 0.261. The summed E-state index contributed by atoms with van der Waals surface area (Å²) < 4.78 is 0. The smallest absolute Gasteiger partial charge is 0 e. The fraction of sp³-hybridized carbons (Fsp3) is 0. The molecule has 0 saturated heterocycles. The molecule has 0 fully saturated rings. The van der Waals surface area contributed by atoms with Crippen LogP contribution in [0.2, 0.25) is 0 Å². The van der Waals surface area contributed by atoms with Crippen LogP contribution in [0.1, 0.15) is 0 Å². The minimum absolute atomic E-state index is 0. The molecule has 0 atom stereocenters. The van der Waals surface area contributed by atoms with Crippen LogP contribution in [-0.2, 0) is 62.3 Å². The van der Waals surface area contributed by atoms with Gasteiger partial charge in [0, 0.05) is 62.3 Å². The van der Waals surface area contributed by atoms with E-state index in [2.05, 4.69) is 0 Å². The summed E-state index contributed by atoms with van der Waals surface area (Å²) in [6, 6.07) is 0. The van der Waals surface area contributed by atoms with Crippen LogP contribution in [0.15, 0.2) is 0 Å². The second-order valence-electron chi connectivity index (χ2n) is 0. The molecule has 6 heteroatoms. The maximum absolute atomic E-state index is 0. The van der Waals surface area contributed by atoms with Gasteiger partial charge in [-0.05, 0) is 0 Å². The summed E-state index contributed by atoms with van der Waals surface area (Å²) in [5.74, 6) is 0. The first-order valence-corrected chi connectivity index (χ1v) is 0. The molecule has 0 aliphatic rings. The molecule has 1 radical (unpaired) electrons. The van der Waals surface area contributed by atoms with Crippen molar-refractivity contribution < 1.29 is 62.3 Å². The van der Waals surface area contributed by atoms with E-state index < -0.39 is 0 Å². The maximum atomic E-state index is 0. The molecular weight excluding hydrogens is 571 g/mol. The van der Waals surface area contributed by atoms with Crippen LogP contribution in [0.5, 0.6) is 0 Å². The van der Waals surface area contributed by atoms with Crippen molar-refractivity contribution in [2.24, 2.45) is 0 Å². The minimum atomic E-state index is 0. The summed E-state index contributed by atoms with van der Waals surface area (Å²) in [7, 11) is 0. The van der Waals surface area contributed by atoms with Gasteiger partial charge in [-0.1, -0.05) is 0 Å². The Morgan fingerprint density at radius 2 is 1.00 bits per heavy atom. The molecule has 0 aromatic heterocycles. The van der Waals surface area contributed by atoms with Crippen molar-refractivity contribution in [2.75, 3.05) is 0 Å². The summed E-state index contributed by atoms with van der Waals surface area (Å²) in [5, 5.41) is 0. The second kappa shape index (κ2) is 35.9. The molecule has 0 unspecified atom stereocenters. The Labute approximate surface area is 121 Å². The third kappa shape index (κ3) is 24.5. The zero-order valence-corrected chi connectivity index (χ0v) is 13.9. The number of hydrogen-bond donors (Lipinski definition) is 0. The molecule has 0 spiro atoms. The van der Waals surface area contributed by atoms with Gasteiger partial charge in [-0.25, -0.2) is 0 Å². The molecule has 0 saturated carbocycles. The molecule has 0 aliphatic heterocycles. The van der Waals surface area contributed by atoms with Gasteiger partial charge in [0.25, 0.3) is 0 Å². The monoisotopic (exact) mass is 577 g/mol. The zero-order chi connectivity index (χ0) is 0. The summed E-state index contributed by atoms with van der Waals surface area (Å²) in [6.07, 6.45) is 0. The van der Waals surface area contributed by atoms with E-state index in [1.807, 2.05) is 0 Å². The largest absolute Gasteiger partial charge is 0 e. The first-order valence-electron chi connectivity index (χ1n) is 0. The van der Waals surface area contributed by atoms with Gasteiger partial charge >= 0.3 is 44.2 Å². The van der Waals surface area contributed by atoms with Gasteiger partial charge in [0.1, 0.15) is 0 Å². The van der Waals surface area contributed by atoms with E-state index in [1.54, 1.807) is 0 Å². The molecule has 0 aromatic rings. The van der Waals surface area contributed by atoms with Crippen LogP contribution >= 0.6 is 0 Å². The van der Waals surface area contributed by atoms with Crippen LogP contribution in [0.3, 0.4) is 0 Å². The normalized spacial score (nSPS) is 0. The Morgan fingerprint density at radius 1 is 1.00 bits per heavy atom. The predicted molar refractivity (Wildman–Crippen MR) is 29.8 cm³/mol. The first kappa shape index (κ1) is 50.5. The Hall–Kier alpha value is 4.01. The third-order valence-electron chi connectivity index (χ3n) is 0. The average Bonchev–Trinajstić information content (AvgIpc) is 0. The topological polar surface area (TPSA) is 0 Å². The van der Waals surface area contributed by atoms with Crippen molar-refractivity contribution in [3.05, 3.63) is 0 Å². The fourth-order valence-electron chi connectivity index (χ4n) is 0. The number of hydrogen-bond acceptors (Lipinski definition) is 0. The molecule has 0 nitrogen and oxygen atoms in total. The van der Waals surface area contributed by atoms with Crippen LogP contribution in [-0.4, -0.2) is 61.6 Å². The standard InChI is InChI=1S/Al.Ga.Pd.Sb.Ta.Zn.9H. The molecule has 0 N–H and O–H groups in total. The Balaban J connectivity index is 0. The zero-order valence-electron chi connectivity index (χ0n) is 2.18. The Kier molecular flexibility index (Phi) is 303. The van der Waals surface area contributed by atoms with Gasteiger partial charge in [0.15, 0.2) is 17.4 Å². The van der Waals surface area contributed by atoms with Crippen LogP contribution in [0, 0.1) is 0 Å². The van der Waals surface area contributed by atoms with E-state index in [0.717, 1.165) is 0 Å². The average molecular weight is 580 g/mol. The van der Waals surface area contributed by atoms with E-state index in [1.165, 1.54) is 0 Å². The molecule has 0 bridgehead atoms. The van der Waals surface area contributed by atoms with E-state index in [9.17, 15) is 0 Å². The maximum Gasteiger partial charge on any atom is 0 e. The molecule has 37 valence electrons. The van der Waals surface area contributed by atoms with Crippen molar-refractivity contribution >= 4 is 61.6 Å². The van der Waals surface area contributed by atoms with E-state index in [4.69, 9.17) is 0 Å². The van der Waals surface area contributed by atoms with Crippen LogP contribution < -0.4 is 0 Å². The third-order valence-corrected chi connectivity index (χ3v) is 0. The molecule has 0 aliphatic carbocycles. The van der Waals surface area contributed by atoms with Crippen molar-refractivity contribution in [1.82, 2.24) is 0 Å². The van der Waals surface area contributed by atoms with Gasteiger partial charge in [-0.15, -0.1) is 0 Å². The van der Waals surface area contributed by atoms with Crippen LogP contribution in [0.4, 0.5) is 0 Å². The van der Waals surface area contributed by atoms with Crippen LogP contribution in [0.25, 0.3) is 0 Å². The van der Waals surface area contributed by atoms with Gasteiger partial charge in [-0.2, -0.15) is 0 Å². The molecular formula is H9AlGaPdSbTaZn. The minimum Gasteiger partial charge on any atom is 0 e. The molecule has 0 heterocycles. The molecule has 6 heavy (non-hydrogen) atoms. The first-order chi connectivity index (χ1) is 0. The predicted octanol–water partition coefficient (Wildman–Crippen LogP) is -3.56. The van der Waals surface area contributed by atoms with Crippen molar-refractivity contribution in [3.8, 4) is 0 Å². The van der Waals surface area contributed by atoms with E-state index >= 15 is 0 Å². The van der Waals surface area contributed by atoms with Gasteiger partial charge in [0.2, 0.25) is 0 Å². The van der Waals surface area contributed by atoms with Crippen molar-refractivity contribution in [2.45, 2.75) is 0 Å². The van der Waals surface area contributed by atoms with Gasteiger partial charge in [-0.3, -0.25) is 0 Å². The Morgan fingerprint density at radius 3 is 1.00 bits per heavy atom. The fourth-order valence-corrected chi connectivity index (χ4v) is 0. The van der Waals surface area contributed by atoms with Crippen molar-refractivity contribution in [3.63, 3.8) is 0 Å².